The fourth-order valence-corrected chi connectivity index (χ4v) is 3.63. The summed E-state index contributed by atoms with van der Waals surface area (Å²) in [5, 5.41) is 8.51. The molecule has 9 heteroatoms. The summed E-state index contributed by atoms with van der Waals surface area (Å²) in [6.45, 7) is 0.0930. The summed E-state index contributed by atoms with van der Waals surface area (Å²) in [5.74, 6) is -1.63. The number of aromatic nitrogens is 3. The number of carbonyl (C=O) groups excluding carboxylic acids is 1. The first-order valence-electron chi connectivity index (χ1n) is 8.36. The summed E-state index contributed by atoms with van der Waals surface area (Å²) in [5.41, 5.74) is 5.18. The molecule has 2 aliphatic carbocycles. The molecule has 24 heavy (non-hydrogen) atoms. The number of halogens is 3. The second-order valence-corrected chi connectivity index (χ2v) is 7.20. The van der Waals surface area contributed by atoms with Gasteiger partial charge >= 0.3 is 6.18 Å². The van der Waals surface area contributed by atoms with Crippen molar-refractivity contribution in [3.8, 4) is 0 Å². The van der Waals surface area contributed by atoms with E-state index >= 15 is 0 Å². The fraction of sp³-hybridized carbons (Fsp3) is 0.800. The molecule has 0 unspecified atom stereocenters. The average molecular weight is 343 g/mol. The minimum Gasteiger partial charge on any atom is -0.369 e. The average Bonchev–Trinajstić information content (AvgIpc) is 3.41. The standard InChI is InChI=1S/C15H20F3N5O/c16-15(17,18)11-6-22(5-10(11)13(19)24)7-12-20-21-14(8-1-2-8)23(12)9-3-4-9/h8-11H,1-7H2,(H2,19,24)/t10-,11-/m1/s1. The van der Waals surface area contributed by atoms with Crippen LogP contribution in [0.3, 0.4) is 0 Å². The Bertz CT molecular complexity index is 650. The van der Waals surface area contributed by atoms with Crippen molar-refractivity contribution in [2.24, 2.45) is 17.6 Å². The zero-order valence-corrected chi connectivity index (χ0v) is 13.2. The molecule has 1 aromatic rings. The van der Waals surface area contributed by atoms with E-state index in [1.807, 2.05) is 0 Å². The van der Waals surface area contributed by atoms with Gasteiger partial charge in [0, 0.05) is 25.0 Å². The molecule has 1 aromatic heterocycles. The molecule has 1 saturated heterocycles. The molecule has 2 atom stereocenters. The zero-order chi connectivity index (χ0) is 17.1. The summed E-state index contributed by atoms with van der Waals surface area (Å²) in [6, 6.07) is 0.388. The first kappa shape index (κ1) is 15.9. The summed E-state index contributed by atoms with van der Waals surface area (Å²) >= 11 is 0. The second-order valence-electron chi connectivity index (χ2n) is 7.20. The third kappa shape index (κ3) is 2.89. The van der Waals surface area contributed by atoms with Crippen molar-refractivity contribution in [3.05, 3.63) is 11.6 Å². The van der Waals surface area contributed by atoms with Crippen LogP contribution in [0.15, 0.2) is 0 Å². The molecule has 1 aliphatic heterocycles. The molecule has 2 heterocycles. The first-order chi connectivity index (χ1) is 11.3. The Morgan fingerprint density at radius 1 is 1.17 bits per heavy atom. The highest BCUT2D eigenvalue weighted by atomic mass is 19.4. The van der Waals surface area contributed by atoms with Crippen LogP contribution in [0.25, 0.3) is 0 Å². The van der Waals surface area contributed by atoms with Crippen molar-refractivity contribution in [2.75, 3.05) is 13.1 Å². The summed E-state index contributed by atoms with van der Waals surface area (Å²) < 4.78 is 41.6. The predicted octanol–water partition coefficient (Wildman–Crippen LogP) is 1.59. The molecule has 0 spiro atoms. The van der Waals surface area contributed by atoms with Crippen LogP contribution < -0.4 is 5.73 Å². The van der Waals surface area contributed by atoms with Crippen LogP contribution in [0.2, 0.25) is 0 Å². The minimum absolute atomic E-state index is 0.0236. The number of hydrogen-bond acceptors (Lipinski definition) is 4. The van der Waals surface area contributed by atoms with Gasteiger partial charge in [0.2, 0.25) is 5.91 Å². The molecule has 3 fully saturated rings. The van der Waals surface area contributed by atoms with Gasteiger partial charge in [0.25, 0.3) is 0 Å². The highest BCUT2D eigenvalue weighted by Gasteiger charge is 2.52. The largest absolute Gasteiger partial charge is 0.393 e. The van der Waals surface area contributed by atoms with Gasteiger partial charge in [-0.3, -0.25) is 9.69 Å². The predicted molar refractivity (Wildman–Crippen MR) is 77.8 cm³/mol. The summed E-state index contributed by atoms with van der Waals surface area (Å²) in [7, 11) is 0. The molecule has 132 valence electrons. The third-order valence-corrected chi connectivity index (χ3v) is 5.19. The molecule has 0 bridgehead atoms. The number of carbonyl (C=O) groups is 1. The summed E-state index contributed by atoms with van der Waals surface area (Å²) in [6.07, 6.45) is -0.0690. The fourth-order valence-electron chi connectivity index (χ4n) is 3.63. The zero-order valence-electron chi connectivity index (χ0n) is 13.2. The van der Waals surface area contributed by atoms with Crippen LogP contribution in [0.4, 0.5) is 13.2 Å². The number of alkyl halides is 3. The molecule has 4 rings (SSSR count). The number of amides is 1. The Morgan fingerprint density at radius 2 is 1.88 bits per heavy atom. The topological polar surface area (TPSA) is 77.0 Å². The lowest BCUT2D eigenvalue weighted by molar-refractivity contribution is -0.182. The number of rotatable bonds is 5. The van der Waals surface area contributed by atoms with E-state index in [2.05, 4.69) is 14.8 Å². The van der Waals surface area contributed by atoms with Gasteiger partial charge in [0.15, 0.2) is 0 Å². The van der Waals surface area contributed by atoms with Gasteiger partial charge in [0.1, 0.15) is 11.6 Å². The van der Waals surface area contributed by atoms with E-state index in [1.165, 1.54) is 0 Å². The molecule has 1 amide bonds. The van der Waals surface area contributed by atoms with Gasteiger partial charge in [-0.05, 0) is 25.7 Å². The second kappa shape index (κ2) is 5.44. The lowest BCUT2D eigenvalue weighted by atomic mass is 9.95. The Morgan fingerprint density at radius 3 is 2.38 bits per heavy atom. The van der Waals surface area contributed by atoms with Gasteiger partial charge < -0.3 is 10.3 Å². The van der Waals surface area contributed by atoms with Crippen molar-refractivity contribution >= 4 is 5.91 Å². The molecular formula is C15H20F3N5O. The Hall–Kier alpha value is -1.64. The van der Waals surface area contributed by atoms with Crippen LogP contribution in [0.5, 0.6) is 0 Å². The number of likely N-dealkylation sites (tertiary alicyclic amines) is 1. The molecule has 0 radical (unpaired) electrons. The maximum atomic E-state index is 13.2. The Labute approximate surface area is 137 Å². The van der Waals surface area contributed by atoms with Crippen molar-refractivity contribution in [2.45, 2.75) is 50.4 Å². The summed E-state index contributed by atoms with van der Waals surface area (Å²) in [4.78, 5) is 13.0. The number of hydrogen-bond donors (Lipinski definition) is 1. The molecular weight excluding hydrogens is 323 g/mol. The van der Waals surface area contributed by atoms with Gasteiger partial charge in [0.05, 0.1) is 18.4 Å². The quantitative estimate of drug-likeness (QED) is 0.881. The normalized spacial score (nSPS) is 28.5. The first-order valence-corrected chi connectivity index (χ1v) is 8.36. The lowest BCUT2D eigenvalue weighted by Gasteiger charge is -2.19. The van der Waals surface area contributed by atoms with Gasteiger partial charge in [-0.2, -0.15) is 13.2 Å². The van der Waals surface area contributed by atoms with Crippen LogP contribution in [-0.4, -0.2) is 44.8 Å². The highest BCUT2D eigenvalue weighted by Crippen LogP contribution is 2.45. The molecule has 0 aromatic carbocycles. The third-order valence-electron chi connectivity index (χ3n) is 5.19. The van der Waals surface area contributed by atoms with E-state index in [4.69, 9.17) is 5.73 Å². The number of primary amides is 1. The van der Waals surface area contributed by atoms with Crippen LogP contribution in [0, 0.1) is 11.8 Å². The van der Waals surface area contributed by atoms with E-state index < -0.39 is 23.9 Å². The Kier molecular flexibility index (Phi) is 3.59. The maximum absolute atomic E-state index is 13.2. The maximum Gasteiger partial charge on any atom is 0.393 e. The van der Waals surface area contributed by atoms with Crippen LogP contribution in [-0.2, 0) is 11.3 Å². The minimum atomic E-state index is -4.42. The van der Waals surface area contributed by atoms with Crippen LogP contribution >= 0.6 is 0 Å². The molecule has 6 nitrogen and oxygen atoms in total. The van der Waals surface area contributed by atoms with E-state index in [0.29, 0.717) is 17.8 Å². The highest BCUT2D eigenvalue weighted by molar-refractivity contribution is 5.77. The van der Waals surface area contributed by atoms with E-state index in [0.717, 1.165) is 31.5 Å². The van der Waals surface area contributed by atoms with Crippen molar-refractivity contribution in [1.29, 1.82) is 0 Å². The molecule has 2 N–H and O–H groups in total. The smallest absolute Gasteiger partial charge is 0.369 e. The van der Waals surface area contributed by atoms with Gasteiger partial charge in [-0.1, -0.05) is 0 Å². The number of nitrogens with zero attached hydrogens (tertiary/aromatic N) is 4. The monoisotopic (exact) mass is 343 g/mol. The number of nitrogens with two attached hydrogens (primary N) is 1. The van der Waals surface area contributed by atoms with E-state index in [1.54, 1.807) is 4.90 Å². The van der Waals surface area contributed by atoms with Crippen molar-refractivity contribution in [1.82, 2.24) is 19.7 Å². The molecule has 2 saturated carbocycles. The van der Waals surface area contributed by atoms with E-state index in [-0.39, 0.29) is 19.6 Å². The van der Waals surface area contributed by atoms with Gasteiger partial charge in [-0.25, -0.2) is 0 Å². The van der Waals surface area contributed by atoms with Gasteiger partial charge in [-0.15, -0.1) is 10.2 Å². The van der Waals surface area contributed by atoms with Crippen LogP contribution in [0.1, 0.15) is 49.3 Å². The SMILES string of the molecule is NC(=O)[C@@H]1CN(Cc2nnc(C3CC3)n2C2CC2)C[C@H]1C(F)(F)F. The molecule has 3 aliphatic rings. The van der Waals surface area contributed by atoms with E-state index in [9.17, 15) is 18.0 Å². The van der Waals surface area contributed by atoms with Crippen molar-refractivity contribution < 1.29 is 18.0 Å². The Balaban J connectivity index is 1.53. The van der Waals surface area contributed by atoms with Crippen molar-refractivity contribution in [3.63, 3.8) is 0 Å². The lowest BCUT2D eigenvalue weighted by Crippen LogP contribution is -2.37.